The number of benzene rings is 1. The Labute approximate surface area is 134 Å². The van der Waals surface area contributed by atoms with Crippen LogP contribution in [0, 0.1) is 35.0 Å². The second-order valence-corrected chi connectivity index (χ2v) is 7.72. The van der Waals surface area contributed by atoms with E-state index in [9.17, 15) is 26.3 Å². The van der Waals surface area contributed by atoms with Gasteiger partial charge in [0, 0.05) is 0 Å². The van der Waals surface area contributed by atoms with E-state index in [0.717, 1.165) is 25.7 Å². The predicted octanol–water partition coefficient (Wildman–Crippen LogP) is 6.02. The summed E-state index contributed by atoms with van der Waals surface area (Å²) in [6.07, 6.45) is 3.29. The zero-order chi connectivity index (χ0) is 17.6. The zero-order valence-corrected chi connectivity index (χ0v) is 14.1. The van der Waals surface area contributed by atoms with Gasteiger partial charge in [-0.05, 0) is 26.4 Å². The quantitative estimate of drug-likeness (QED) is 0.219. The molecule has 0 aliphatic carbocycles. The lowest BCUT2D eigenvalue weighted by Crippen LogP contribution is -2.21. The predicted molar refractivity (Wildman–Crippen MR) is 81.6 cm³/mol. The van der Waals surface area contributed by atoms with Crippen molar-refractivity contribution in [2.75, 3.05) is 12.6 Å². The van der Waals surface area contributed by atoms with E-state index in [1.807, 2.05) is 13.8 Å². The van der Waals surface area contributed by atoms with Crippen LogP contribution in [0.25, 0.3) is 0 Å². The summed E-state index contributed by atoms with van der Waals surface area (Å²) in [6.45, 7) is 4.01. The van der Waals surface area contributed by atoms with Crippen molar-refractivity contribution < 1.29 is 26.3 Å². The third-order valence-electron chi connectivity index (χ3n) is 4.00. The highest BCUT2D eigenvalue weighted by Crippen LogP contribution is 2.40. The molecule has 0 bridgehead atoms. The Kier molecular flexibility index (Phi) is 8.38. The third-order valence-corrected chi connectivity index (χ3v) is 6.11. The Bertz CT molecular complexity index is 491. The molecule has 0 radical (unpaired) electrons. The van der Waals surface area contributed by atoms with Crippen molar-refractivity contribution in [3.05, 3.63) is 29.1 Å². The van der Waals surface area contributed by atoms with Gasteiger partial charge in [0.05, 0.1) is 5.30 Å². The lowest BCUT2D eigenvalue weighted by Gasteiger charge is -2.20. The highest BCUT2D eigenvalue weighted by molar-refractivity contribution is 7.65. The van der Waals surface area contributed by atoms with Crippen molar-refractivity contribution in [1.29, 1.82) is 0 Å². The molecule has 1 rings (SSSR count). The molecule has 0 aliphatic rings. The summed E-state index contributed by atoms with van der Waals surface area (Å²) in [5, 5.41) is -0.968. The molecule has 23 heavy (non-hydrogen) atoms. The fourth-order valence-corrected chi connectivity index (χ4v) is 4.38. The molecule has 7 heteroatoms. The third kappa shape index (κ3) is 4.85. The van der Waals surface area contributed by atoms with Gasteiger partial charge in [-0.1, -0.05) is 39.5 Å². The molecular weight excluding hydrogens is 337 g/mol. The molecule has 0 saturated carbocycles. The molecule has 0 amide bonds. The topological polar surface area (TPSA) is 0 Å². The molecule has 0 spiro atoms. The number of hydrogen-bond donors (Lipinski definition) is 0. The minimum Gasteiger partial charge on any atom is -0.246 e. The smallest absolute Gasteiger partial charge is 0.200 e. The fraction of sp³-hybridized carbons (Fsp3) is 0.625. The first-order chi connectivity index (χ1) is 10.9. The van der Waals surface area contributed by atoms with E-state index in [1.54, 1.807) is 0 Å². The van der Waals surface area contributed by atoms with Gasteiger partial charge in [-0.3, -0.25) is 0 Å². The van der Waals surface area contributed by atoms with E-state index in [2.05, 4.69) is 0 Å². The number of unbranched alkanes of at least 4 members (excludes halogenated alkanes) is 1. The molecule has 0 heterocycles. The second-order valence-electron chi connectivity index (χ2n) is 5.51. The first-order valence-corrected chi connectivity index (χ1v) is 9.42. The molecule has 0 aliphatic heterocycles. The van der Waals surface area contributed by atoms with Crippen molar-refractivity contribution in [1.82, 2.24) is 0 Å². The molecule has 0 N–H and O–H groups in total. The molecular formula is C16H21F6P. The summed E-state index contributed by atoms with van der Waals surface area (Å²) in [7, 11) is -2.06. The van der Waals surface area contributed by atoms with Gasteiger partial charge in [0.1, 0.15) is 6.42 Å². The van der Waals surface area contributed by atoms with Crippen LogP contribution in [-0.2, 0) is 0 Å². The highest BCUT2D eigenvalue weighted by atomic mass is 31.1. The van der Waals surface area contributed by atoms with E-state index in [4.69, 9.17) is 0 Å². The Morgan fingerprint density at radius 3 is 1.78 bits per heavy atom. The van der Waals surface area contributed by atoms with Crippen LogP contribution in [0.5, 0.6) is 0 Å². The largest absolute Gasteiger partial charge is 0.246 e. The monoisotopic (exact) mass is 358 g/mol. The van der Waals surface area contributed by atoms with Crippen LogP contribution < -0.4 is 5.30 Å². The molecule has 2 atom stereocenters. The second kappa shape index (κ2) is 9.51. The van der Waals surface area contributed by atoms with Crippen molar-refractivity contribution >= 4 is 13.2 Å². The maximum absolute atomic E-state index is 13.8. The van der Waals surface area contributed by atoms with Gasteiger partial charge in [0.2, 0.25) is 5.82 Å². The van der Waals surface area contributed by atoms with Crippen LogP contribution >= 0.6 is 7.92 Å². The van der Waals surface area contributed by atoms with Crippen LogP contribution in [0.1, 0.15) is 46.0 Å². The van der Waals surface area contributed by atoms with E-state index >= 15 is 0 Å². The minimum absolute atomic E-state index is 0.117. The fourth-order valence-electron chi connectivity index (χ4n) is 2.49. The number of halogens is 6. The lowest BCUT2D eigenvalue weighted by atomic mass is 9.97. The number of alkyl halides is 1. The zero-order valence-electron chi connectivity index (χ0n) is 13.2. The normalized spacial score (nSPS) is 14.1. The van der Waals surface area contributed by atoms with Crippen molar-refractivity contribution in [3.8, 4) is 0 Å². The van der Waals surface area contributed by atoms with Crippen LogP contribution in [0.2, 0.25) is 0 Å². The van der Waals surface area contributed by atoms with Gasteiger partial charge in [0.15, 0.2) is 23.3 Å². The van der Waals surface area contributed by atoms with Gasteiger partial charge in [-0.2, -0.15) is 0 Å². The van der Waals surface area contributed by atoms with Gasteiger partial charge >= 0.3 is 0 Å². The highest BCUT2D eigenvalue weighted by Gasteiger charge is 2.30. The van der Waals surface area contributed by atoms with Crippen molar-refractivity contribution in [2.45, 2.75) is 46.0 Å². The Balaban J connectivity index is 2.98. The van der Waals surface area contributed by atoms with Gasteiger partial charge in [-0.25, -0.2) is 26.3 Å². The molecule has 1 aromatic rings. The SMILES string of the molecule is CCCCC(CC)CCP(CF)c1c(F)c(F)c(F)c(F)c1F. The molecule has 2 unspecified atom stereocenters. The summed E-state index contributed by atoms with van der Waals surface area (Å²) >= 11 is 0. The van der Waals surface area contributed by atoms with Crippen molar-refractivity contribution in [3.63, 3.8) is 0 Å². The summed E-state index contributed by atoms with van der Waals surface area (Å²) in [5.41, 5.74) is 0. The first-order valence-electron chi connectivity index (χ1n) is 7.71. The van der Waals surface area contributed by atoms with Gasteiger partial charge < -0.3 is 0 Å². The Morgan fingerprint density at radius 2 is 1.35 bits per heavy atom. The average Bonchev–Trinajstić information content (AvgIpc) is 2.56. The molecule has 0 saturated heterocycles. The first kappa shape index (κ1) is 20.3. The number of rotatable bonds is 9. The molecule has 1 aromatic carbocycles. The van der Waals surface area contributed by atoms with Gasteiger partial charge in [-0.15, -0.1) is 0 Å². The Morgan fingerprint density at radius 1 is 0.826 bits per heavy atom. The van der Waals surface area contributed by atoms with E-state index < -0.39 is 48.7 Å². The standard InChI is InChI=1S/C16H21F6P/c1-3-5-6-10(4-2)7-8-23(9-17)16-14(21)12(19)11(18)13(20)15(16)22/h10H,3-9H2,1-2H3. The molecule has 0 nitrogen and oxygen atoms in total. The maximum atomic E-state index is 13.8. The summed E-state index contributed by atoms with van der Waals surface area (Å²) in [5.74, 6) is -9.73. The van der Waals surface area contributed by atoms with Crippen LogP contribution in [0.3, 0.4) is 0 Å². The molecule has 0 aromatic heterocycles. The number of hydrogen-bond acceptors (Lipinski definition) is 0. The van der Waals surface area contributed by atoms with Gasteiger partial charge in [0.25, 0.3) is 0 Å². The van der Waals surface area contributed by atoms with E-state index in [-0.39, 0.29) is 12.1 Å². The minimum atomic E-state index is -2.20. The Hall–Kier alpha value is -0.770. The van der Waals surface area contributed by atoms with E-state index in [1.165, 1.54) is 0 Å². The van der Waals surface area contributed by atoms with Crippen LogP contribution in [0.15, 0.2) is 0 Å². The lowest BCUT2D eigenvalue weighted by molar-refractivity contribution is 0.384. The average molecular weight is 358 g/mol. The van der Waals surface area contributed by atoms with Crippen molar-refractivity contribution in [2.24, 2.45) is 5.92 Å². The summed E-state index contributed by atoms with van der Waals surface area (Å²) in [6, 6.07) is 0. The van der Waals surface area contributed by atoms with Crippen LogP contribution in [0.4, 0.5) is 26.3 Å². The van der Waals surface area contributed by atoms with E-state index in [0.29, 0.717) is 6.42 Å². The summed E-state index contributed by atoms with van der Waals surface area (Å²) < 4.78 is 80.4. The molecule has 132 valence electrons. The molecule has 0 fully saturated rings. The maximum Gasteiger partial charge on any atom is 0.200 e. The summed E-state index contributed by atoms with van der Waals surface area (Å²) in [4.78, 5) is 0. The van der Waals surface area contributed by atoms with Crippen LogP contribution in [-0.4, -0.2) is 12.6 Å².